The maximum Gasteiger partial charge on any atom is 0.219 e. The van der Waals surface area contributed by atoms with Gasteiger partial charge in [-0.1, -0.05) is 56.5 Å². The first kappa shape index (κ1) is 22.8. The quantitative estimate of drug-likeness (QED) is 0.379. The summed E-state index contributed by atoms with van der Waals surface area (Å²) in [4.78, 5) is 11.7. The van der Waals surface area contributed by atoms with E-state index in [2.05, 4.69) is 30.4 Å². The number of ether oxygens (including phenoxy) is 1. The molecule has 0 saturated heterocycles. The summed E-state index contributed by atoms with van der Waals surface area (Å²) in [6.07, 6.45) is 9.72. The summed E-state index contributed by atoms with van der Waals surface area (Å²) in [6.45, 7) is 4.75. The molecule has 1 aliphatic heterocycles. The van der Waals surface area contributed by atoms with Crippen molar-refractivity contribution in [2.24, 2.45) is 5.92 Å². The number of hydrogen-bond donors (Lipinski definition) is 3. The molecule has 1 aromatic carbocycles. The van der Waals surface area contributed by atoms with E-state index in [9.17, 15) is 15.0 Å². The first-order chi connectivity index (χ1) is 14.5. The second-order valence-corrected chi connectivity index (χ2v) is 8.65. The molecule has 1 heterocycles. The van der Waals surface area contributed by atoms with Gasteiger partial charge in [-0.2, -0.15) is 0 Å². The first-order valence-corrected chi connectivity index (χ1v) is 11.6. The van der Waals surface area contributed by atoms with E-state index in [-0.39, 0.29) is 23.8 Å². The number of aryl methyl sites for hydroxylation is 1. The lowest BCUT2D eigenvalue weighted by Gasteiger charge is -2.18. The Kier molecular flexibility index (Phi) is 8.34. The lowest BCUT2D eigenvalue weighted by atomic mass is 9.86. The van der Waals surface area contributed by atoms with Crippen LogP contribution in [0.3, 0.4) is 0 Å². The van der Waals surface area contributed by atoms with Gasteiger partial charge >= 0.3 is 0 Å². The number of rotatable bonds is 11. The van der Waals surface area contributed by atoms with Crippen LogP contribution in [0.25, 0.3) is 0 Å². The van der Waals surface area contributed by atoms with E-state index in [0.717, 1.165) is 55.4 Å². The third-order valence-corrected chi connectivity index (χ3v) is 6.37. The van der Waals surface area contributed by atoms with Crippen LogP contribution in [0.1, 0.15) is 75.8 Å². The summed E-state index contributed by atoms with van der Waals surface area (Å²) in [6, 6.07) is 6.23. The van der Waals surface area contributed by atoms with Crippen LogP contribution >= 0.6 is 0 Å². The zero-order chi connectivity index (χ0) is 21.5. The van der Waals surface area contributed by atoms with Crippen molar-refractivity contribution in [2.45, 2.75) is 89.4 Å². The van der Waals surface area contributed by atoms with Gasteiger partial charge in [0.1, 0.15) is 11.9 Å². The smallest absolute Gasteiger partial charge is 0.219 e. The molecule has 0 unspecified atom stereocenters. The van der Waals surface area contributed by atoms with Gasteiger partial charge in [0.05, 0.1) is 12.2 Å². The van der Waals surface area contributed by atoms with E-state index < -0.39 is 12.2 Å². The number of fused-ring (bicyclic) bond motifs is 3. The highest BCUT2D eigenvalue weighted by Crippen LogP contribution is 2.52. The van der Waals surface area contributed by atoms with E-state index in [1.165, 1.54) is 0 Å². The van der Waals surface area contributed by atoms with Crippen LogP contribution in [0.5, 0.6) is 5.75 Å². The molecule has 1 aromatic rings. The van der Waals surface area contributed by atoms with Crippen LogP contribution in [0.15, 0.2) is 30.4 Å². The molecule has 0 bridgehead atoms. The van der Waals surface area contributed by atoms with Gasteiger partial charge < -0.3 is 20.3 Å². The van der Waals surface area contributed by atoms with E-state index in [4.69, 9.17) is 4.74 Å². The van der Waals surface area contributed by atoms with Crippen LogP contribution in [0.4, 0.5) is 0 Å². The molecule has 166 valence electrons. The molecule has 0 radical (unpaired) electrons. The minimum absolute atomic E-state index is 0.0218. The molecule has 30 heavy (non-hydrogen) atoms. The molecule has 0 aromatic heterocycles. The van der Waals surface area contributed by atoms with Gasteiger partial charge in [0.15, 0.2) is 0 Å². The van der Waals surface area contributed by atoms with Crippen LogP contribution in [-0.2, 0) is 11.2 Å². The molecule has 1 fully saturated rings. The first-order valence-electron chi connectivity index (χ1n) is 11.6. The molecule has 2 aliphatic rings. The molecule has 1 aliphatic carbocycles. The van der Waals surface area contributed by atoms with Crippen molar-refractivity contribution >= 4 is 5.91 Å². The van der Waals surface area contributed by atoms with Crippen molar-refractivity contribution in [1.82, 2.24) is 5.32 Å². The van der Waals surface area contributed by atoms with Gasteiger partial charge in [0, 0.05) is 36.8 Å². The van der Waals surface area contributed by atoms with Crippen LogP contribution in [0, 0.1) is 5.92 Å². The van der Waals surface area contributed by atoms with Gasteiger partial charge in [-0.25, -0.2) is 0 Å². The Hall–Kier alpha value is -1.85. The number of para-hydroxylation sites is 1. The number of benzene rings is 1. The highest BCUT2D eigenvalue weighted by atomic mass is 16.5. The van der Waals surface area contributed by atoms with Crippen molar-refractivity contribution in [3.63, 3.8) is 0 Å². The molecule has 1 saturated carbocycles. The summed E-state index contributed by atoms with van der Waals surface area (Å²) in [7, 11) is 0. The fourth-order valence-electron chi connectivity index (χ4n) is 4.85. The second-order valence-electron chi connectivity index (χ2n) is 8.65. The van der Waals surface area contributed by atoms with Gasteiger partial charge in [-0.3, -0.25) is 4.79 Å². The van der Waals surface area contributed by atoms with Crippen molar-refractivity contribution in [1.29, 1.82) is 0 Å². The molecular formula is C25H37NO4. The van der Waals surface area contributed by atoms with Crippen molar-refractivity contribution in [3.8, 4) is 5.75 Å². The van der Waals surface area contributed by atoms with E-state index in [0.29, 0.717) is 19.4 Å². The number of aliphatic hydroxyl groups excluding tert-OH is 2. The molecule has 5 heteroatoms. The van der Waals surface area contributed by atoms with Gasteiger partial charge in [0.2, 0.25) is 5.91 Å². The molecule has 3 N–H and O–H groups in total. The Morgan fingerprint density at radius 3 is 2.90 bits per heavy atom. The SMILES string of the molecule is CCCCC[C@H](O)C=C[C@@H]1[C@H]2c3cccc(CCCC(=O)NCC)c3O[C@H]2C[C@H]1O. The monoisotopic (exact) mass is 415 g/mol. The highest BCUT2D eigenvalue weighted by molar-refractivity contribution is 5.75. The Morgan fingerprint density at radius 2 is 2.13 bits per heavy atom. The summed E-state index contributed by atoms with van der Waals surface area (Å²) in [5.41, 5.74) is 2.30. The summed E-state index contributed by atoms with van der Waals surface area (Å²) in [5, 5.41) is 23.7. The predicted octanol–water partition coefficient (Wildman–Crippen LogP) is 3.87. The number of amides is 1. The Morgan fingerprint density at radius 1 is 1.30 bits per heavy atom. The van der Waals surface area contributed by atoms with Crippen molar-refractivity contribution < 1.29 is 19.7 Å². The third kappa shape index (κ3) is 5.44. The molecule has 1 amide bonds. The Bertz CT molecular complexity index is 732. The average Bonchev–Trinajstić information content (AvgIpc) is 3.22. The average molecular weight is 416 g/mol. The molecule has 5 nitrogen and oxygen atoms in total. The van der Waals surface area contributed by atoms with E-state index in [1.807, 2.05) is 19.1 Å². The third-order valence-electron chi connectivity index (χ3n) is 6.37. The van der Waals surface area contributed by atoms with Gasteiger partial charge in [0.25, 0.3) is 0 Å². The van der Waals surface area contributed by atoms with Gasteiger partial charge in [-0.05, 0) is 31.7 Å². The fraction of sp³-hybridized carbons (Fsp3) is 0.640. The zero-order valence-corrected chi connectivity index (χ0v) is 18.3. The number of unbranched alkanes of at least 4 members (excludes halogenated alkanes) is 2. The normalized spacial score (nSPS) is 25.7. The minimum atomic E-state index is -0.454. The fourth-order valence-corrected chi connectivity index (χ4v) is 4.85. The van der Waals surface area contributed by atoms with Crippen LogP contribution in [0.2, 0.25) is 0 Å². The maximum absolute atomic E-state index is 11.7. The lowest BCUT2D eigenvalue weighted by molar-refractivity contribution is -0.121. The molecule has 5 atom stereocenters. The molecular weight excluding hydrogens is 378 g/mol. The standard InChI is InChI=1S/C25H37NO4/c1-3-5-6-11-18(27)14-15-19-21(28)16-22-24(19)20-12-7-9-17(25(20)30-22)10-8-13-23(29)26-4-2/h7,9,12,14-15,18-19,21-22,24,27-28H,3-6,8,10-11,13,16H2,1-2H3,(H,26,29)/t18-,19-,21+,22-,24-/m0/s1. The van der Waals surface area contributed by atoms with Crippen molar-refractivity contribution in [2.75, 3.05) is 6.54 Å². The second kappa shape index (κ2) is 11.0. The van der Waals surface area contributed by atoms with Crippen LogP contribution in [-0.4, -0.2) is 41.0 Å². The van der Waals surface area contributed by atoms with E-state index >= 15 is 0 Å². The summed E-state index contributed by atoms with van der Waals surface area (Å²) in [5.74, 6) is 1.12. The maximum atomic E-state index is 11.7. The van der Waals surface area contributed by atoms with Crippen molar-refractivity contribution in [3.05, 3.63) is 41.5 Å². The minimum Gasteiger partial charge on any atom is -0.489 e. The lowest BCUT2D eigenvalue weighted by Crippen LogP contribution is -2.22. The molecule has 3 rings (SSSR count). The zero-order valence-electron chi connectivity index (χ0n) is 18.3. The number of nitrogens with one attached hydrogen (secondary N) is 1. The molecule has 0 spiro atoms. The summed E-state index contributed by atoms with van der Waals surface area (Å²) >= 11 is 0. The Balaban J connectivity index is 1.66. The number of carbonyl (C=O) groups is 1. The largest absolute Gasteiger partial charge is 0.489 e. The topological polar surface area (TPSA) is 78.8 Å². The predicted molar refractivity (Wildman–Crippen MR) is 119 cm³/mol. The number of hydrogen-bond acceptors (Lipinski definition) is 4. The highest BCUT2D eigenvalue weighted by Gasteiger charge is 2.48. The Labute approximate surface area is 180 Å². The van der Waals surface area contributed by atoms with E-state index in [1.54, 1.807) is 0 Å². The summed E-state index contributed by atoms with van der Waals surface area (Å²) < 4.78 is 6.30. The van der Waals surface area contributed by atoms with Crippen LogP contribution < -0.4 is 10.1 Å². The van der Waals surface area contributed by atoms with Gasteiger partial charge in [-0.15, -0.1) is 0 Å². The number of aliphatic hydroxyl groups is 2. The number of carbonyl (C=O) groups excluding carboxylic acids is 1.